The highest BCUT2D eigenvalue weighted by molar-refractivity contribution is 5.91. The van der Waals surface area contributed by atoms with E-state index in [9.17, 15) is 9.59 Å². The molecule has 23 heavy (non-hydrogen) atoms. The largest absolute Gasteiger partial charge is 0.322 e. The van der Waals surface area contributed by atoms with E-state index in [0.717, 1.165) is 5.56 Å². The van der Waals surface area contributed by atoms with Gasteiger partial charge >= 0.3 is 0 Å². The molecule has 1 atom stereocenters. The molecule has 0 bridgehead atoms. The number of hydrogen-bond acceptors (Lipinski definition) is 4. The number of hydrogen-bond donors (Lipinski definition) is 3. The summed E-state index contributed by atoms with van der Waals surface area (Å²) in [6.07, 6.45) is 0. The zero-order valence-electron chi connectivity index (χ0n) is 14.3. The van der Waals surface area contributed by atoms with Crippen molar-refractivity contribution in [3.8, 4) is 0 Å². The lowest BCUT2D eigenvalue weighted by atomic mass is 9.72. The first kappa shape index (κ1) is 17.4. The molecule has 1 aliphatic rings. The van der Waals surface area contributed by atoms with E-state index in [2.05, 4.69) is 5.32 Å². The van der Waals surface area contributed by atoms with Gasteiger partial charge in [-0.3, -0.25) is 20.1 Å². The van der Waals surface area contributed by atoms with Gasteiger partial charge in [0, 0.05) is 0 Å². The van der Waals surface area contributed by atoms with Gasteiger partial charge in [0.2, 0.25) is 5.91 Å². The third kappa shape index (κ3) is 2.52. The molecule has 1 aliphatic heterocycles. The number of carbonyl (C=O) groups is 2. The van der Waals surface area contributed by atoms with Crippen LogP contribution < -0.4 is 10.8 Å². The third-order valence-electron chi connectivity index (χ3n) is 5.49. The lowest BCUT2D eigenvalue weighted by molar-refractivity contribution is -0.152. The molecule has 1 aromatic carbocycles. The average Bonchev–Trinajstić information content (AvgIpc) is 2.84. The maximum Gasteiger partial charge on any atom is 0.251 e. The normalized spacial score (nSPS) is 22.3. The first-order chi connectivity index (χ1) is 10.6. The predicted octanol–water partition coefficient (Wildman–Crippen LogP) is 1.60. The Labute approximate surface area is 136 Å². The van der Waals surface area contributed by atoms with Crippen LogP contribution in [-0.4, -0.2) is 34.1 Å². The fourth-order valence-electron chi connectivity index (χ4n) is 2.86. The Kier molecular flexibility index (Phi) is 4.26. The quantitative estimate of drug-likeness (QED) is 0.581. The van der Waals surface area contributed by atoms with Gasteiger partial charge in [0.1, 0.15) is 5.54 Å². The topological polar surface area (TPSA) is 81.7 Å². The summed E-state index contributed by atoms with van der Waals surface area (Å²) in [6, 6.07) is 9.52. The average molecular weight is 319 g/mol. The second kappa shape index (κ2) is 5.62. The fourth-order valence-corrected chi connectivity index (χ4v) is 2.86. The van der Waals surface area contributed by atoms with Crippen LogP contribution in [0.25, 0.3) is 0 Å². The second-order valence-corrected chi connectivity index (χ2v) is 7.18. The first-order valence-electron chi connectivity index (χ1n) is 7.66. The Morgan fingerprint density at radius 3 is 2.35 bits per heavy atom. The minimum atomic E-state index is -0.971. The maximum absolute atomic E-state index is 13.1. The Morgan fingerprint density at radius 1 is 1.26 bits per heavy atom. The van der Waals surface area contributed by atoms with Gasteiger partial charge in [-0.05, 0) is 40.2 Å². The zero-order valence-corrected chi connectivity index (χ0v) is 14.3. The molecule has 0 spiro atoms. The van der Waals surface area contributed by atoms with E-state index < -0.39 is 22.4 Å². The highest BCUT2D eigenvalue weighted by atomic mass is 16.5. The Hall–Kier alpha value is -1.92. The van der Waals surface area contributed by atoms with Crippen molar-refractivity contribution >= 4 is 11.8 Å². The molecule has 6 nitrogen and oxygen atoms in total. The Morgan fingerprint density at radius 2 is 1.83 bits per heavy atom. The van der Waals surface area contributed by atoms with Crippen LogP contribution in [0.15, 0.2) is 30.3 Å². The van der Waals surface area contributed by atoms with Gasteiger partial charge in [-0.1, -0.05) is 30.3 Å². The maximum atomic E-state index is 13.1. The summed E-state index contributed by atoms with van der Waals surface area (Å²) >= 11 is 0. The summed E-state index contributed by atoms with van der Waals surface area (Å²) in [5.74, 6) is -0.615. The van der Waals surface area contributed by atoms with Crippen molar-refractivity contribution in [3.63, 3.8) is 0 Å². The van der Waals surface area contributed by atoms with Gasteiger partial charge in [-0.15, -0.1) is 0 Å². The SMILES string of the molecule is CC1(c2ccccc2)NCN(C(C)(C)C(C)(C)C(=O)NO)C1=O. The monoisotopic (exact) mass is 319 g/mol. The fraction of sp³-hybridized carbons (Fsp3) is 0.529. The van der Waals surface area contributed by atoms with Crippen LogP contribution in [0, 0.1) is 5.41 Å². The van der Waals surface area contributed by atoms with Crippen LogP contribution in [0.1, 0.15) is 40.2 Å². The van der Waals surface area contributed by atoms with Gasteiger partial charge in [0.25, 0.3) is 5.91 Å². The molecule has 0 aromatic heterocycles. The van der Waals surface area contributed by atoms with Crippen molar-refractivity contribution in [3.05, 3.63) is 35.9 Å². The van der Waals surface area contributed by atoms with E-state index in [0.29, 0.717) is 6.67 Å². The van der Waals surface area contributed by atoms with E-state index in [-0.39, 0.29) is 5.91 Å². The lowest BCUT2D eigenvalue weighted by Crippen LogP contribution is -2.60. The number of amides is 2. The van der Waals surface area contributed by atoms with Crippen LogP contribution in [0.3, 0.4) is 0 Å². The van der Waals surface area contributed by atoms with Gasteiger partial charge in [0.15, 0.2) is 0 Å². The number of hydroxylamine groups is 1. The van der Waals surface area contributed by atoms with Crippen molar-refractivity contribution in [2.24, 2.45) is 5.41 Å². The van der Waals surface area contributed by atoms with Gasteiger partial charge in [-0.25, -0.2) is 5.48 Å². The first-order valence-corrected chi connectivity index (χ1v) is 7.66. The van der Waals surface area contributed by atoms with Gasteiger partial charge < -0.3 is 4.90 Å². The molecule has 6 heteroatoms. The third-order valence-corrected chi connectivity index (χ3v) is 5.49. The predicted molar refractivity (Wildman–Crippen MR) is 86.4 cm³/mol. The van der Waals surface area contributed by atoms with Crippen molar-refractivity contribution in [1.82, 2.24) is 15.7 Å². The summed E-state index contributed by atoms with van der Waals surface area (Å²) in [5.41, 5.74) is -0.00857. The van der Waals surface area contributed by atoms with Crippen molar-refractivity contribution < 1.29 is 14.8 Å². The molecular weight excluding hydrogens is 294 g/mol. The van der Waals surface area contributed by atoms with E-state index in [1.54, 1.807) is 24.2 Å². The van der Waals surface area contributed by atoms with Crippen molar-refractivity contribution in [2.75, 3.05) is 6.67 Å². The number of rotatable bonds is 4. The molecular formula is C17H25N3O3. The molecule has 1 fully saturated rings. The van der Waals surface area contributed by atoms with Gasteiger partial charge in [0.05, 0.1) is 17.6 Å². The summed E-state index contributed by atoms with van der Waals surface area (Å²) in [7, 11) is 0. The van der Waals surface area contributed by atoms with E-state index in [1.165, 1.54) is 0 Å². The molecule has 0 radical (unpaired) electrons. The van der Waals surface area contributed by atoms with E-state index in [4.69, 9.17) is 5.21 Å². The van der Waals surface area contributed by atoms with Crippen LogP contribution in [-0.2, 0) is 15.1 Å². The van der Waals surface area contributed by atoms with Crippen molar-refractivity contribution in [2.45, 2.75) is 45.7 Å². The van der Waals surface area contributed by atoms with E-state index >= 15 is 0 Å². The zero-order chi connectivity index (χ0) is 17.5. The van der Waals surface area contributed by atoms with E-state index in [1.807, 2.05) is 51.1 Å². The summed E-state index contributed by atoms with van der Waals surface area (Å²) in [4.78, 5) is 26.8. The number of benzene rings is 1. The Bertz CT molecular complexity index is 613. The molecule has 2 rings (SSSR count). The van der Waals surface area contributed by atoms with Crippen LogP contribution in [0.4, 0.5) is 0 Å². The minimum absolute atomic E-state index is 0.0903. The molecule has 126 valence electrons. The molecule has 1 aromatic rings. The molecule has 1 saturated heterocycles. The second-order valence-electron chi connectivity index (χ2n) is 7.18. The lowest BCUT2D eigenvalue weighted by Gasteiger charge is -2.46. The standard InChI is InChI=1S/C17H25N3O3/c1-15(2,13(21)19-23)16(3,4)20-11-18-17(5,14(20)22)12-9-7-6-8-10-12/h6-10,18,23H,11H2,1-5H3,(H,19,21). The molecule has 0 aliphatic carbocycles. The highest BCUT2D eigenvalue weighted by Crippen LogP contribution is 2.40. The summed E-state index contributed by atoms with van der Waals surface area (Å²) in [5, 5.41) is 12.3. The minimum Gasteiger partial charge on any atom is -0.322 e. The van der Waals surface area contributed by atoms with Crippen LogP contribution in [0.2, 0.25) is 0 Å². The number of nitrogens with one attached hydrogen (secondary N) is 2. The molecule has 0 saturated carbocycles. The van der Waals surface area contributed by atoms with Gasteiger partial charge in [-0.2, -0.15) is 0 Å². The number of nitrogens with zero attached hydrogens (tertiary/aromatic N) is 1. The molecule has 3 N–H and O–H groups in total. The highest BCUT2D eigenvalue weighted by Gasteiger charge is 2.55. The van der Waals surface area contributed by atoms with Crippen LogP contribution in [0.5, 0.6) is 0 Å². The Balaban J connectivity index is 2.37. The smallest absolute Gasteiger partial charge is 0.251 e. The van der Waals surface area contributed by atoms with Crippen LogP contribution >= 0.6 is 0 Å². The molecule has 1 unspecified atom stereocenters. The summed E-state index contributed by atoms with van der Waals surface area (Å²) < 4.78 is 0. The molecule has 1 heterocycles. The molecule has 2 amide bonds. The van der Waals surface area contributed by atoms with Crippen molar-refractivity contribution in [1.29, 1.82) is 0 Å². The number of carbonyl (C=O) groups excluding carboxylic acids is 2. The summed E-state index contributed by atoms with van der Waals surface area (Å²) in [6.45, 7) is 9.27.